The predicted molar refractivity (Wildman–Crippen MR) is 134 cm³/mol. The van der Waals surface area contributed by atoms with Crippen molar-refractivity contribution < 1.29 is 0 Å². The Morgan fingerprint density at radius 1 is 0.643 bits per heavy atom. The lowest BCUT2D eigenvalue weighted by molar-refractivity contribution is 1.60. The summed E-state index contributed by atoms with van der Waals surface area (Å²) in [6.45, 7) is 14.3. The first-order valence-electron chi connectivity index (χ1n) is 9.74. The fraction of sp³-hybridized carbons (Fsp3) is 0.250. The molecule has 0 amide bonds. The second-order valence-electron chi connectivity index (χ2n) is 9.51. The van der Waals surface area contributed by atoms with Crippen LogP contribution in [0.4, 0.5) is 0 Å². The molecular formula is C24H28ClSi3. The van der Waals surface area contributed by atoms with Gasteiger partial charge < -0.3 is 0 Å². The molecule has 0 saturated carbocycles. The van der Waals surface area contributed by atoms with E-state index in [-0.39, 0.29) is 0 Å². The summed E-state index contributed by atoms with van der Waals surface area (Å²) >= 11 is 6.78. The summed E-state index contributed by atoms with van der Waals surface area (Å²) in [6.07, 6.45) is 0. The summed E-state index contributed by atoms with van der Waals surface area (Å²) in [6, 6.07) is 22.0. The van der Waals surface area contributed by atoms with E-state index >= 15 is 0 Å². The standard InChI is InChI=1S/C24H28ClSi3/c1-27(2,3)19-11-7-9-17(15-19)23-21(25)13-14-22(26)24(23)18-10-8-12-20(16-18)28(4,5)6/h7-16H,1-6H3. The largest absolute Gasteiger partial charge is 0.0836 e. The molecule has 0 saturated heterocycles. The van der Waals surface area contributed by atoms with Crippen molar-refractivity contribution in [1.29, 1.82) is 0 Å². The Hall–Kier alpha value is -1.40. The van der Waals surface area contributed by atoms with Crippen molar-refractivity contribution in [2.24, 2.45) is 0 Å². The maximum atomic E-state index is 6.78. The molecule has 0 aromatic heterocycles. The first-order valence-corrected chi connectivity index (χ1v) is 17.6. The van der Waals surface area contributed by atoms with Crippen molar-refractivity contribution in [2.45, 2.75) is 39.3 Å². The fourth-order valence-electron chi connectivity index (χ4n) is 3.44. The molecule has 0 nitrogen and oxygen atoms in total. The van der Waals surface area contributed by atoms with E-state index in [0.717, 1.165) is 15.8 Å². The highest BCUT2D eigenvalue weighted by Gasteiger charge is 2.21. The molecule has 3 radical (unpaired) electrons. The van der Waals surface area contributed by atoms with Crippen LogP contribution in [-0.4, -0.2) is 26.4 Å². The SMILES string of the molecule is C[Si](C)(C)c1cccc(-c2c([Si])ccc(Cl)c2-c2cccc([Si](C)(C)C)c2)c1. The molecule has 3 aromatic carbocycles. The van der Waals surface area contributed by atoms with Crippen LogP contribution < -0.4 is 15.6 Å². The second-order valence-corrected chi connectivity index (χ2v) is 20.6. The van der Waals surface area contributed by atoms with E-state index in [1.807, 2.05) is 6.07 Å². The van der Waals surface area contributed by atoms with Gasteiger partial charge in [-0.3, -0.25) is 0 Å². The highest BCUT2D eigenvalue weighted by Crippen LogP contribution is 2.36. The van der Waals surface area contributed by atoms with Crippen LogP contribution in [0.5, 0.6) is 0 Å². The van der Waals surface area contributed by atoms with Gasteiger partial charge in [0.05, 0.1) is 26.4 Å². The van der Waals surface area contributed by atoms with Crippen LogP contribution in [-0.2, 0) is 0 Å². The van der Waals surface area contributed by atoms with E-state index in [1.54, 1.807) is 0 Å². The minimum atomic E-state index is -1.41. The van der Waals surface area contributed by atoms with Gasteiger partial charge in [-0.05, 0) is 22.8 Å². The lowest BCUT2D eigenvalue weighted by atomic mass is 9.94. The Bertz CT molecular complexity index is 929. The molecule has 0 atom stereocenters. The molecule has 0 spiro atoms. The number of rotatable bonds is 4. The Morgan fingerprint density at radius 3 is 1.57 bits per heavy atom. The van der Waals surface area contributed by atoms with Crippen molar-refractivity contribution in [3.63, 3.8) is 0 Å². The fourth-order valence-corrected chi connectivity index (χ4v) is 6.43. The second kappa shape index (κ2) is 7.79. The van der Waals surface area contributed by atoms with E-state index in [1.165, 1.54) is 27.1 Å². The van der Waals surface area contributed by atoms with Gasteiger partial charge in [0, 0.05) is 10.6 Å². The van der Waals surface area contributed by atoms with Crippen molar-refractivity contribution in [3.05, 3.63) is 65.7 Å². The average molecular weight is 436 g/mol. The van der Waals surface area contributed by atoms with Gasteiger partial charge in [-0.15, -0.1) is 0 Å². The van der Waals surface area contributed by atoms with Gasteiger partial charge in [0.15, 0.2) is 0 Å². The predicted octanol–water partition coefficient (Wildman–Crippen LogP) is 5.56. The van der Waals surface area contributed by atoms with Gasteiger partial charge in [0.2, 0.25) is 0 Å². The summed E-state index contributed by atoms with van der Waals surface area (Å²) in [7, 11) is 1.06. The monoisotopic (exact) mass is 435 g/mol. The van der Waals surface area contributed by atoms with E-state index in [2.05, 4.69) is 104 Å². The molecule has 3 aromatic rings. The topological polar surface area (TPSA) is 0 Å². The molecule has 4 heteroatoms. The molecule has 0 heterocycles. The quantitative estimate of drug-likeness (QED) is 0.470. The Kier molecular flexibility index (Phi) is 5.93. The Labute approximate surface area is 180 Å². The molecule has 0 bridgehead atoms. The van der Waals surface area contributed by atoms with Gasteiger partial charge in [0.25, 0.3) is 0 Å². The molecule has 0 N–H and O–H groups in total. The van der Waals surface area contributed by atoms with Crippen molar-refractivity contribution >= 4 is 53.6 Å². The van der Waals surface area contributed by atoms with Crippen LogP contribution >= 0.6 is 11.6 Å². The van der Waals surface area contributed by atoms with E-state index in [0.29, 0.717) is 0 Å². The molecular weight excluding hydrogens is 408 g/mol. The van der Waals surface area contributed by atoms with Crippen LogP contribution in [0.3, 0.4) is 0 Å². The van der Waals surface area contributed by atoms with Crippen LogP contribution in [0.2, 0.25) is 44.3 Å². The van der Waals surface area contributed by atoms with E-state index in [9.17, 15) is 0 Å². The number of benzene rings is 3. The zero-order chi connectivity index (χ0) is 20.7. The molecule has 0 unspecified atom stereocenters. The molecule has 0 aliphatic carbocycles. The summed E-state index contributed by atoms with van der Waals surface area (Å²) in [4.78, 5) is 0. The van der Waals surface area contributed by atoms with Crippen molar-refractivity contribution in [3.8, 4) is 22.3 Å². The number of hydrogen-bond donors (Lipinski definition) is 0. The average Bonchev–Trinajstić information content (AvgIpc) is 2.62. The van der Waals surface area contributed by atoms with Gasteiger partial charge in [-0.1, -0.05) is 121 Å². The molecule has 143 valence electrons. The molecule has 28 heavy (non-hydrogen) atoms. The van der Waals surface area contributed by atoms with Crippen molar-refractivity contribution in [2.75, 3.05) is 0 Å². The molecule has 0 aliphatic rings. The highest BCUT2D eigenvalue weighted by atomic mass is 35.5. The lowest BCUT2D eigenvalue weighted by Gasteiger charge is -2.22. The summed E-state index contributed by atoms with van der Waals surface area (Å²) in [5.41, 5.74) is 4.71. The van der Waals surface area contributed by atoms with Crippen LogP contribution in [0.1, 0.15) is 0 Å². The van der Waals surface area contributed by atoms with Gasteiger partial charge in [0.1, 0.15) is 0 Å². The van der Waals surface area contributed by atoms with Crippen LogP contribution in [0.15, 0.2) is 60.7 Å². The molecule has 3 rings (SSSR count). The lowest BCUT2D eigenvalue weighted by Crippen LogP contribution is -2.37. The third-order valence-corrected chi connectivity index (χ3v) is 10.0. The van der Waals surface area contributed by atoms with Gasteiger partial charge in [-0.25, -0.2) is 0 Å². The Morgan fingerprint density at radius 2 is 1.11 bits per heavy atom. The summed E-state index contributed by atoms with van der Waals surface area (Å²) in [5, 5.41) is 4.77. The van der Waals surface area contributed by atoms with E-state index in [4.69, 9.17) is 11.6 Å². The third-order valence-electron chi connectivity index (χ3n) is 5.19. The first-order chi connectivity index (χ1) is 13.0. The summed E-state index contributed by atoms with van der Waals surface area (Å²) in [5.74, 6) is 0. The first kappa shape index (κ1) is 21.3. The number of hydrogen-bond acceptors (Lipinski definition) is 0. The normalized spacial score (nSPS) is 12.3. The van der Waals surface area contributed by atoms with Gasteiger partial charge >= 0.3 is 0 Å². The number of halogens is 1. The summed E-state index contributed by atoms with van der Waals surface area (Å²) < 4.78 is 0. The van der Waals surface area contributed by atoms with Crippen molar-refractivity contribution in [1.82, 2.24) is 0 Å². The minimum Gasteiger partial charge on any atom is -0.0836 e. The molecule has 0 fully saturated rings. The maximum Gasteiger partial charge on any atom is 0.0776 e. The maximum absolute atomic E-state index is 6.78. The zero-order valence-corrected chi connectivity index (χ0v) is 21.4. The third kappa shape index (κ3) is 4.43. The highest BCUT2D eigenvalue weighted by molar-refractivity contribution is 6.89. The Balaban J connectivity index is 2.28. The molecule has 0 aliphatic heterocycles. The van der Waals surface area contributed by atoms with Gasteiger partial charge in [-0.2, -0.15) is 0 Å². The minimum absolute atomic E-state index is 0.795. The smallest absolute Gasteiger partial charge is 0.0776 e. The zero-order valence-electron chi connectivity index (χ0n) is 17.7. The van der Waals surface area contributed by atoms with Crippen LogP contribution in [0, 0.1) is 0 Å². The van der Waals surface area contributed by atoms with E-state index < -0.39 is 16.1 Å². The van der Waals surface area contributed by atoms with Crippen LogP contribution in [0.25, 0.3) is 22.3 Å².